The maximum Gasteiger partial charge on any atom is 0.255 e. The molecule has 4 heterocycles. The van der Waals surface area contributed by atoms with Crippen molar-refractivity contribution in [2.75, 3.05) is 36.5 Å². The van der Waals surface area contributed by atoms with Gasteiger partial charge in [0.15, 0.2) is 0 Å². The second-order valence-corrected chi connectivity index (χ2v) is 9.19. The molecule has 1 aliphatic heterocycles. The molecule has 186 valence electrons. The van der Waals surface area contributed by atoms with Gasteiger partial charge in [-0.3, -0.25) is 9.48 Å². The first-order valence-corrected chi connectivity index (χ1v) is 12.1. The molecule has 10 nitrogen and oxygen atoms in total. The molecule has 5 rings (SSSR count). The fourth-order valence-corrected chi connectivity index (χ4v) is 4.36. The average molecular weight is 487 g/mol. The highest BCUT2D eigenvalue weighted by Crippen LogP contribution is 2.25. The van der Waals surface area contributed by atoms with Crippen molar-refractivity contribution in [3.05, 3.63) is 65.7 Å². The number of morpholine rings is 1. The number of carbonyl (C=O) groups is 1. The zero-order valence-electron chi connectivity index (χ0n) is 21.0. The van der Waals surface area contributed by atoms with E-state index in [4.69, 9.17) is 4.74 Å². The number of anilines is 2. The molecule has 1 aliphatic rings. The van der Waals surface area contributed by atoms with Crippen LogP contribution in [0.2, 0.25) is 0 Å². The fourth-order valence-electron chi connectivity index (χ4n) is 4.36. The Labute approximate surface area is 209 Å². The van der Waals surface area contributed by atoms with Gasteiger partial charge in [0, 0.05) is 47.8 Å². The van der Waals surface area contributed by atoms with Gasteiger partial charge in [-0.25, -0.2) is 9.67 Å². The van der Waals surface area contributed by atoms with Gasteiger partial charge in [0.2, 0.25) is 0 Å². The van der Waals surface area contributed by atoms with Crippen molar-refractivity contribution in [3.8, 4) is 16.9 Å². The third kappa shape index (κ3) is 4.72. The lowest BCUT2D eigenvalue weighted by Crippen LogP contribution is -2.36. The minimum absolute atomic E-state index is 0.197. The van der Waals surface area contributed by atoms with E-state index < -0.39 is 0 Å². The number of nitrogens with zero attached hydrogens (tertiary/aromatic N) is 7. The number of pyridine rings is 1. The monoisotopic (exact) mass is 486 g/mol. The number of hydrogen-bond acceptors (Lipinski definition) is 7. The topological polar surface area (TPSA) is 103 Å². The van der Waals surface area contributed by atoms with Crippen molar-refractivity contribution >= 4 is 17.4 Å². The SMILES string of the molecule is Cc1ccc(NC(=O)c2ccnc(N3CCOCC3)c2)cc1-n1cc(-c2cnn(C(C)C)c2C)nn1. The summed E-state index contributed by atoms with van der Waals surface area (Å²) in [5.74, 6) is 0.583. The predicted octanol–water partition coefficient (Wildman–Crippen LogP) is 3.81. The van der Waals surface area contributed by atoms with Crippen LogP contribution in [0.4, 0.5) is 11.5 Å². The minimum Gasteiger partial charge on any atom is -0.378 e. The van der Waals surface area contributed by atoms with Crippen molar-refractivity contribution < 1.29 is 9.53 Å². The lowest BCUT2D eigenvalue weighted by Gasteiger charge is -2.27. The van der Waals surface area contributed by atoms with E-state index in [9.17, 15) is 4.79 Å². The summed E-state index contributed by atoms with van der Waals surface area (Å²) in [6.07, 6.45) is 5.38. The van der Waals surface area contributed by atoms with E-state index in [-0.39, 0.29) is 11.9 Å². The fraction of sp³-hybridized carbons (Fsp3) is 0.346. The molecule has 0 atom stereocenters. The molecular formula is C26H30N8O2. The Bertz CT molecular complexity index is 1380. The van der Waals surface area contributed by atoms with Crippen molar-refractivity contribution in [1.82, 2.24) is 29.8 Å². The van der Waals surface area contributed by atoms with Crippen molar-refractivity contribution in [3.63, 3.8) is 0 Å². The number of benzene rings is 1. The number of rotatable bonds is 6. The number of ether oxygens (including phenoxy) is 1. The first kappa shape index (κ1) is 23.7. The Balaban J connectivity index is 1.36. The Morgan fingerprint density at radius 2 is 1.92 bits per heavy atom. The molecule has 0 unspecified atom stereocenters. The summed E-state index contributed by atoms with van der Waals surface area (Å²) in [5.41, 5.74) is 5.82. The minimum atomic E-state index is -0.197. The first-order valence-electron chi connectivity index (χ1n) is 12.1. The molecule has 0 radical (unpaired) electrons. The first-order chi connectivity index (χ1) is 17.4. The van der Waals surface area contributed by atoms with Crippen LogP contribution in [-0.2, 0) is 4.74 Å². The highest BCUT2D eigenvalue weighted by molar-refractivity contribution is 6.04. The average Bonchev–Trinajstić information content (AvgIpc) is 3.52. The van der Waals surface area contributed by atoms with Gasteiger partial charge in [-0.05, 0) is 57.5 Å². The molecule has 0 spiro atoms. The second-order valence-electron chi connectivity index (χ2n) is 9.19. The van der Waals surface area contributed by atoms with E-state index in [1.54, 1.807) is 16.9 Å². The predicted molar refractivity (Wildman–Crippen MR) is 138 cm³/mol. The van der Waals surface area contributed by atoms with Crippen LogP contribution in [0, 0.1) is 13.8 Å². The van der Waals surface area contributed by atoms with E-state index >= 15 is 0 Å². The van der Waals surface area contributed by atoms with Crippen LogP contribution in [0.15, 0.2) is 48.9 Å². The molecule has 1 saturated heterocycles. The van der Waals surface area contributed by atoms with Gasteiger partial charge in [-0.1, -0.05) is 11.3 Å². The molecule has 3 aromatic heterocycles. The van der Waals surface area contributed by atoms with Crippen molar-refractivity contribution in [2.24, 2.45) is 0 Å². The summed E-state index contributed by atoms with van der Waals surface area (Å²) in [6, 6.07) is 9.55. The van der Waals surface area contributed by atoms with Gasteiger partial charge < -0.3 is 15.0 Å². The van der Waals surface area contributed by atoms with Crippen LogP contribution in [-0.4, -0.2) is 62.0 Å². The Kier molecular flexibility index (Phi) is 6.51. The summed E-state index contributed by atoms with van der Waals surface area (Å²) in [5, 5.41) is 16.2. The molecule has 0 bridgehead atoms. The van der Waals surface area contributed by atoms with Crippen LogP contribution in [0.3, 0.4) is 0 Å². The van der Waals surface area contributed by atoms with Gasteiger partial charge >= 0.3 is 0 Å². The van der Waals surface area contributed by atoms with E-state index in [0.717, 1.165) is 47.1 Å². The number of nitrogens with one attached hydrogen (secondary N) is 1. The molecule has 1 fully saturated rings. The lowest BCUT2D eigenvalue weighted by molar-refractivity contribution is 0.102. The van der Waals surface area contributed by atoms with Crippen LogP contribution in [0.1, 0.15) is 41.5 Å². The van der Waals surface area contributed by atoms with E-state index in [1.807, 2.05) is 55.2 Å². The number of carbonyl (C=O) groups excluding carboxylic acids is 1. The van der Waals surface area contributed by atoms with Crippen LogP contribution in [0.25, 0.3) is 16.9 Å². The lowest BCUT2D eigenvalue weighted by atomic mass is 10.1. The van der Waals surface area contributed by atoms with Gasteiger partial charge in [0.1, 0.15) is 11.5 Å². The van der Waals surface area contributed by atoms with Gasteiger partial charge in [-0.2, -0.15) is 5.10 Å². The number of amides is 1. The Hall–Kier alpha value is -4.05. The maximum atomic E-state index is 13.0. The quantitative estimate of drug-likeness (QED) is 0.442. The zero-order chi connectivity index (χ0) is 25.2. The largest absolute Gasteiger partial charge is 0.378 e. The molecule has 1 N–H and O–H groups in total. The Morgan fingerprint density at radius 1 is 1.11 bits per heavy atom. The van der Waals surface area contributed by atoms with Crippen LogP contribution >= 0.6 is 0 Å². The van der Waals surface area contributed by atoms with Crippen LogP contribution < -0.4 is 10.2 Å². The molecule has 1 amide bonds. The second kappa shape index (κ2) is 9.90. The summed E-state index contributed by atoms with van der Waals surface area (Å²) >= 11 is 0. The highest BCUT2D eigenvalue weighted by Gasteiger charge is 2.17. The third-order valence-electron chi connectivity index (χ3n) is 6.36. The number of hydrogen-bond donors (Lipinski definition) is 1. The Morgan fingerprint density at radius 3 is 2.67 bits per heavy atom. The van der Waals surface area contributed by atoms with E-state index in [2.05, 4.69) is 44.5 Å². The van der Waals surface area contributed by atoms with Crippen molar-refractivity contribution in [1.29, 1.82) is 0 Å². The van der Waals surface area contributed by atoms with Gasteiger partial charge in [0.05, 0.1) is 31.3 Å². The molecule has 4 aromatic rings. The van der Waals surface area contributed by atoms with Gasteiger partial charge in [-0.15, -0.1) is 5.10 Å². The molecule has 1 aromatic carbocycles. The molecule has 0 saturated carbocycles. The third-order valence-corrected chi connectivity index (χ3v) is 6.36. The number of aryl methyl sites for hydroxylation is 1. The smallest absolute Gasteiger partial charge is 0.255 e. The standard InChI is InChI=1S/C26H30N8O2/c1-17(2)34-19(4)22(15-28-34)23-16-33(31-30-23)24-14-21(6-5-18(24)3)29-26(35)20-7-8-27-25(13-20)32-9-11-36-12-10-32/h5-8,13-17H,9-12H2,1-4H3,(H,29,35). The highest BCUT2D eigenvalue weighted by atomic mass is 16.5. The summed E-state index contributed by atoms with van der Waals surface area (Å²) in [4.78, 5) is 19.6. The maximum absolute atomic E-state index is 13.0. The summed E-state index contributed by atoms with van der Waals surface area (Å²) in [6.45, 7) is 11.1. The van der Waals surface area contributed by atoms with E-state index in [1.165, 1.54) is 0 Å². The van der Waals surface area contributed by atoms with Crippen molar-refractivity contribution in [2.45, 2.75) is 33.7 Å². The molecular weight excluding hydrogens is 456 g/mol. The van der Waals surface area contributed by atoms with Gasteiger partial charge in [0.25, 0.3) is 5.91 Å². The normalized spacial score (nSPS) is 13.9. The van der Waals surface area contributed by atoms with Crippen LogP contribution in [0.5, 0.6) is 0 Å². The molecule has 36 heavy (non-hydrogen) atoms. The zero-order valence-corrected chi connectivity index (χ0v) is 21.0. The summed E-state index contributed by atoms with van der Waals surface area (Å²) in [7, 11) is 0. The summed E-state index contributed by atoms with van der Waals surface area (Å²) < 4.78 is 9.12. The molecule has 10 heteroatoms. The van der Waals surface area contributed by atoms with E-state index in [0.29, 0.717) is 24.5 Å². The number of aromatic nitrogens is 6. The molecule has 0 aliphatic carbocycles.